The first-order chi connectivity index (χ1) is 23.0. The summed E-state index contributed by atoms with van der Waals surface area (Å²) in [4.78, 5) is 69.3. The molecule has 1 saturated heterocycles. The number of halogens is 2. The second-order valence-corrected chi connectivity index (χ2v) is 17.0. The molecule has 2 heterocycles. The second-order valence-electron chi connectivity index (χ2n) is 14.3. The molecule has 5 atom stereocenters. The Kier molecular flexibility index (Phi) is 10.9. The number of sulfonamides is 1. The molecule has 2 aliphatic carbocycles. The van der Waals surface area contributed by atoms with Gasteiger partial charge in [-0.1, -0.05) is 48.2 Å². The standard InChI is InChI=1S/C33H43Cl2N5O8S/c1-32(2,3)48-31(45)37-25-10-8-6-4-5-7-9-20-17-33(20,30(44)39-49(46,47)22-12-13-22)38-28(42)26-16-21(18-40(26)29(25)43)36-27(41)19-11-14-23(34)24(35)15-19/h7,9,11,14-15,20-22,25-26H,4-6,8,10,12-13,16-18H2,1-3H3,(H,36,41)(H,37,45)(H,38,42)(H,39,44)/t20-,21-,25+,26+,33-/m1/s1. The summed E-state index contributed by atoms with van der Waals surface area (Å²) >= 11 is 12.1. The number of hydrogen-bond donors (Lipinski definition) is 4. The van der Waals surface area contributed by atoms with Gasteiger partial charge < -0.3 is 25.6 Å². The molecule has 4 N–H and O–H groups in total. The Labute approximate surface area is 296 Å². The van der Waals surface area contributed by atoms with Crippen LogP contribution in [-0.2, 0) is 29.1 Å². The molecule has 2 saturated carbocycles. The molecule has 0 radical (unpaired) electrons. The molecule has 49 heavy (non-hydrogen) atoms. The fourth-order valence-electron chi connectivity index (χ4n) is 6.26. The maximum absolute atomic E-state index is 14.2. The second kappa shape index (κ2) is 14.5. The topological polar surface area (TPSA) is 180 Å². The highest BCUT2D eigenvalue weighted by atomic mass is 35.5. The number of ether oxygens (including phenoxy) is 1. The van der Waals surface area contributed by atoms with Crippen LogP contribution in [0.4, 0.5) is 4.79 Å². The predicted octanol–water partition coefficient (Wildman–Crippen LogP) is 3.59. The molecular weight excluding hydrogens is 697 g/mol. The minimum atomic E-state index is -3.90. The average molecular weight is 741 g/mol. The molecule has 3 fully saturated rings. The number of rotatable bonds is 6. The summed E-state index contributed by atoms with van der Waals surface area (Å²) in [5.41, 5.74) is -2.13. The average Bonchev–Trinajstić information content (AvgIpc) is 3.93. The van der Waals surface area contributed by atoms with Crippen LogP contribution in [0.25, 0.3) is 0 Å². The third-order valence-corrected chi connectivity index (χ3v) is 11.6. The SMILES string of the molecule is CC(C)(C)OC(=O)N[C@H]1CCCCCC=C[C@@H]2C[C@@]2(C(=O)NS(=O)(=O)C2CC2)NC(=O)[C@@H]2C[C@@H](NC(=O)c3ccc(Cl)c(Cl)c3)CN2C1=O. The van der Waals surface area contributed by atoms with Gasteiger partial charge in [-0.15, -0.1) is 0 Å². The van der Waals surface area contributed by atoms with Crippen molar-refractivity contribution in [3.63, 3.8) is 0 Å². The Morgan fingerprint density at radius 3 is 2.43 bits per heavy atom. The smallest absolute Gasteiger partial charge is 0.408 e. The van der Waals surface area contributed by atoms with E-state index in [4.69, 9.17) is 27.9 Å². The van der Waals surface area contributed by atoms with Gasteiger partial charge in [-0.25, -0.2) is 13.2 Å². The number of nitrogens with one attached hydrogen (secondary N) is 4. The number of fused-ring (bicyclic) bond motifs is 2. The summed E-state index contributed by atoms with van der Waals surface area (Å²) in [6.45, 7) is 5.03. The minimum absolute atomic E-state index is 0.0115. The van der Waals surface area contributed by atoms with E-state index in [1.807, 2.05) is 12.2 Å². The van der Waals surface area contributed by atoms with Crippen LogP contribution >= 0.6 is 23.2 Å². The predicted molar refractivity (Wildman–Crippen MR) is 182 cm³/mol. The highest BCUT2D eigenvalue weighted by Crippen LogP contribution is 2.46. The van der Waals surface area contributed by atoms with Crippen molar-refractivity contribution in [2.75, 3.05) is 6.54 Å². The Morgan fingerprint density at radius 2 is 1.76 bits per heavy atom. The number of amides is 5. The van der Waals surface area contributed by atoms with Gasteiger partial charge in [-0.2, -0.15) is 0 Å². The molecule has 0 aromatic heterocycles. The van der Waals surface area contributed by atoms with Crippen LogP contribution in [0.15, 0.2) is 30.4 Å². The summed E-state index contributed by atoms with van der Waals surface area (Å²) in [6.07, 6.45) is 7.10. The maximum atomic E-state index is 14.2. The van der Waals surface area contributed by atoms with Gasteiger partial charge in [-0.05, 0) is 83.9 Å². The van der Waals surface area contributed by atoms with Crippen LogP contribution in [0.5, 0.6) is 0 Å². The minimum Gasteiger partial charge on any atom is -0.444 e. The van der Waals surface area contributed by atoms with Gasteiger partial charge in [0.15, 0.2) is 0 Å². The molecular formula is C33H43Cl2N5O8S. The number of alkyl carbamates (subject to hydrolysis) is 1. The van der Waals surface area contributed by atoms with Crippen molar-refractivity contribution < 1.29 is 37.1 Å². The molecule has 1 aromatic carbocycles. The molecule has 5 amide bonds. The Bertz CT molecular complexity index is 1640. The van der Waals surface area contributed by atoms with Crippen LogP contribution in [0, 0.1) is 5.92 Å². The van der Waals surface area contributed by atoms with Gasteiger partial charge in [0.05, 0.1) is 15.3 Å². The molecule has 13 nitrogen and oxygen atoms in total. The van der Waals surface area contributed by atoms with Crippen LogP contribution in [0.1, 0.15) is 88.9 Å². The lowest BCUT2D eigenvalue weighted by molar-refractivity contribution is -0.141. The van der Waals surface area contributed by atoms with Crippen molar-refractivity contribution >= 4 is 62.9 Å². The van der Waals surface area contributed by atoms with Crippen LogP contribution in [-0.4, -0.2) is 84.1 Å². The summed E-state index contributed by atoms with van der Waals surface area (Å²) in [7, 11) is -3.90. The third kappa shape index (κ3) is 9.06. The highest BCUT2D eigenvalue weighted by molar-refractivity contribution is 7.91. The third-order valence-electron chi connectivity index (χ3n) is 9.09. The lowest BCUT2D eigenvalue weighted by atomic mass is 10.0. The van der Waals surface area contributed by atoms with Crippen molar-refractivity contribution in [1.82, 2.24) is 25.6 Å². The number of benzene rings is 1. The molecule has 0 unspecified atom stereocenters. The van der Waals surface area contributed by atoms with E-state index in [0.717, 1.165) is 12.8 Å². The molecule has 2 aliphatic heterocycles. The summed E-state index contributed by atoms with van der Waals surface area (Å²) < 4.78 is 33.0. The number of allylic oxidation sites excluding steroid dienone is 1. The molecule has 0 spiro atoms. The first-order valence-corrected chi connectivity index (χ1v) is 18.9. The number of carbonyl (C=O) groups is 5. The highest BCUT2D eigenvalue weighted by Gasteiger charge is 2.62. The Balaban J connectivity index is 1.43. The quantitative estimate of drug-likeness (QED) is 0.320. The Morgan fingerprint density at radius 1 is 1.02 bits per heavy atom. The Hall–Kier alpha value is -3.36. The van der Waals surface area contributed by atoms with E-state index in [9.17, 15) is 32.4 Å². The maximum Gasteiger partial charge on any atom is 0.408 e. The first-order valence-electron chi connectivity index (χ1n) is 16.6. The number of hydrogen-bond acceptors (Lipinski definition) is 8. The van der Waals surface area contributed by atoms with Crippen molar-refractivity contribution in [3.05, 3.63) is 46.0 Å². The summed E-state index contributed by atoms with van der Waals surface area (Å²) in [5, 5.41) is 8.15. The van der Waals surface area contributed by atoms with E-state index >= 15 is 0 Å². The van der Waals surface area contributed by atoms with Gasteiger partial charge >= 0.3 is 6.09 Å². The van der Waals surface area contributed by atoms with E-state index in [1.165, 1.54) is 23.1 Å². The molecule has 268 valence electrons. The first kappa shape index (κ1) is 36.9. The van der Waals surface area contributed by atoms with E-state index in [1.54, 1.807) is 20.8 Å². The zero-order valence-corrected chi connectivity index (χ0v) is 30.1. The van der Waals surface area contributed by atoms with Crippen molar-refractivity contribution in [3.8, 4) is 0 Å². The largest absolute Gasteiger partial charge is 0.444 e. The van der Waals surface area contributed by atoms with Gasteiger partial charge in [-0.3, -0.25) is 23.9 Å². The van der Waals surface area contributed by atoms with Gasteiger partial charge in [0, 0.05) is 24.1 Å². The van der Waals surface area contributed by atoms with Crippen molar-refractivity contribution in [1.29, 1.82) is 0 Å². The number of nitrogens with zero attached hydrogens (tertiary/aromatic N) is 1. The number of carbonyl (C=O) groups excluding carboxylic acids is 5. The lowest BCUT2D eigenvalue weighted by Crippen LogP contribution is -2.58. The zero-order valence-electron chi connectivity index (χ0n) is 27.7. The molecule has 4 aliphatic rings. The van der Waals surface area contributed by atoms with Crippen LogP contribution < -0.4 is 20.7 Å². The summed E-state index contributed by atoms with van der Waals surface area (Å²) in [5.74, 6) is -3.01. The fraction of sp³-hybridized carbons (Fsp3) is 0.606. The normalized spacial score (nSPS) is 27.8. The van der Waals surface area contributed by atoms with Gasteiger partial charge in [0.25, 0.3) is 11.8 Å². The van der Waals surface area contributed by atoms with E-state index < -0.39 is 80.2 Å². The van der Waals surface area contributed by atoms with Crippen molar-refractivity contribution in [2.45, 2.75) is 113 Å². The van der Waals surface area contributed by atoms with E-state index in [2.05, 4.69) is 20.7 Å². The van der Waals surface area contributed by atoms with Crippen molar-refractivity contribution in [2.24, 2.45) is 5.92 Å². The molecule has 5 rings (SSSR count). The van der Waals surface area contributed by atoms with E-state index in [-0.39, 0.29) is 41.4 Å². The molecule has 16 heteroatoms. The monoisotopic (exact) mass is 739 g/mol. The fourth-order valence-corrected chi connectivity index (χ4v) is 7.92. The molecule has 1 aromatic rings. The van der Waals surface area contributed by atoms with Crippen LogP contribution in [0.3, 0.4) is 0 Å². The van der Waals surface area contributed by atoms with E-state index in [0.29, 0.717) is 25.7 Å². The van der Waals surface area contributed by atoms with Crippen LogP contribution in [0.2, 0.25) is 10.0 Å². The zero-order chi connectivity index (χ0) is 35.7. The van der Waals surface area contributed by atoms with Gasteiger partial charge in [0.1, 0.15) is 23.2 Å². The van der Waals surface area contributed by atoms with Gasteiger partial charge in [0.2, 0.25) is 21.8 Å². The lowest BCUT2D eigenvalue weighted by Gasteiger charge is -2.30. The summed E-state index contributed by atoms with van der Waals surface area (Å²) in [6, 6.07) is 1.49. The molecule has 0 bridgehead atoms.